The summed E-state index contributed by atoms with van der Waals surface area (Å²) >= 11 is 0. The number of nitrogens with zero attached hydrogens (tertiary/aromatic N) is 3. The van der Waals surface area contributed by atoms with Crippen molar-refractivity contribution in [3.63, 3.8) is 0 Å². The molecule has 0 spiro atoms. The molecule has 0 aliphatic rings. The minimum atomic E-state index is 0.500. The molecule has 0 aliphatic heterocycles. The Morgan fingerprint density at radius 1 is 1.03 bits per heavy atom. The minimum absolute atomic E-state index is 0.500. The average molecular weight is 431 g/mol. The van der Waals surface area contributed by atoms with Gasteiger partial charge in [-0.2, -0.15) is 0 Å². The van der Waals surface area contributed by atoms with Gasteiger partial charge in [0.15, 0.2) is 5.82 Å². The van der Waals surface area contributed by atoms with Gasteiger partial charge in [-0.05, 0) is 36.5 Å². The standard InChI is InChI=1S/C27H34N4O/c1-5-7-12-24-30-25-26(31(24)17-18(3)4)21-14-13-19(16-22(21)29-27(25)28)20-10-8-9-11-23(20)32-15-6-2/h8-11,13-14,16,18H,5-7,12,15,17H2,1-4H3,(H2,28,29). The van der Waals surface area contributed by atoms with Gasteiger partial charge in [0.2, 0.25) is 0 Å². The molecule has 2 aromatic carbocycles. The molecule has 0 bridgehead atoms. The van der Waals surface area contributed by atoms with Crippen LogP contribution in [0.15, 0.2) is 42.5 Å². The zero-order valence-electron chi connectivity index (χ0n) is 19.7. The highest BCUT2D eigenvalue weighted by Crippen LogP contribution is 2.35. The predicted molar refractivity (Wildman–Crippen MR) is 134 cm³/mol. The van der Waals surface area contributed by atoms with Crippen LogP contribution in [-0.2, 0) is 13.0 Å². The van der Waals surface area contributed by atoms with Crippen molar-refractivity contribution in [3.05, 3.63) is 48.3 Å². The number of nitrogens with two attached hydrogens (primary N) is 1. The van der Waals surface area contributed by atoms with Crippen LogP contribution in [0.1, 0.15) is 52.8 Å². The van der Waals surface area contributed by atoms with Crippen LogP contribution in [-0.4, -0.2) is 21.1 Å². The largest absolute Gasteiger partial charge is 0.493 e. The van der Waals surface area contributed by atoms with Crippen LogP contribution in [0.3, 0.4) is 0 Å². The number of benzene rings is 2. The summed E-state index contributed by atoms with van der Waals surface area (Å²) in [5.41, 5.74) is 11.4. The molecule has 2 N–H and O–H groups in total. The number of anilines is 1. The normalized spacial score (nSPS) is 11.7. The molecule has 0 saturated carbocycles. The summed E-state index contributed by atoms with van der Waals surface area (Å²) in [5.74, 6) is 3.02. The van der Waals surface area contributed by atoms with Crippen LogP contribution in [0.2, 0.25) is 0 Å². The molecular weight excluding hydrogens is 396 g/mol. The fourth-order valence-corrected chi connectivity index (χ4v) is 4.26. The summed E-state index contributed by atoms with van der Waals surface area (Å²) in [7, 11) is 0. The molecule has 0 fully saturated rings. The number of hydrogen-bond donors (Lipinski definition) is 1. The monoisotopic (exact) mass is 430 g/mol. The molecule has 32 heavy (non-hydrogen) atoms. The first kappa shape index (κ1) is 22.1. The minimum Gasteiger partial charge on any atom is -0.493 e. The van der Waals surface area contributed by atoms with Crippen LogP contribution in [0.4, 0.5) is 5.82 Å². The van der Waals surface area contributed by atoms with E-state index in [-0.39, 0.29) is 0 Å². The molecule has 0 aliphatic carbocycles. The van der Waals surface area contributed by atoms with E-state index in [9.17, 15) is 0 Å². The third-order valence-electron chi connectivity index (χ3n) is 5.74. The Kier molecular flexibility index (Phi) is 6.63. The van der Waals surface area contributed by atoms with E-state index in [1.165, 1.54) is 0 Å². The fraction of sp³-hybridized carbons (Fsp3) is 0.407. The number of unbranched alkanes of at least 4 members (excludes halogenated alkanes) is 1. The maximum atomic E-state index is 6.44. The third-order valence-corrected chi connectivity index (χ3v) is 5.74. The summed E-state index contributed by atoms with van der Waals surface area (Å²) < 4.78 is 8.36. The Morgan fingerprint density at radius 2 is 1.84 bits per heavy atom. The van der Waals surface area contributed by atoms with Gasteiger partial charge in [0.1, 0.15) is 17.1 Å². The van der Waals surface area contributed by atoms with Gasteiger partial charge in [0, 0.05) is 23.9 Å². The molecule has 0 radical (unpaired) electrons. The number of pyridine rings is 1. The van der Waals surface area contributed by atoms with Crippen LogP contribution in [0.25, 0.3) is 33.1 Å². The van der Waals surface area contributed by atoms with Crippen molar-refractivity contribution in [1.82, 2.24) is 14.5 Å². The van der Waals surface area contributed by atoms with Crippen molar-refractivity contribution in [1.29, 1.82) is 0 Å². The zero-order valence-corrected chi connectivity index (χ0v) is 19.7. The Hall–Kier alpha value is -3.08. The predicted octanol–water partition coefficient (Wildman–Crippen LogP) is 6.62. The molecule has 0 unspecified atom stereocenters. The molecule has 5 nitrogen and oxygen atoms in total. The van der Waals surface area contributed by atoms with Gasteiger partial charge >= 0.3 is 0 Å². The van der Waals surface area contributed by atoms with E-state index in [2.05, 4.69) is 56.5 Å². The van der Waals surface area contributed by atoms with Gasteiger partial charge in [-0.3, -0.25) is 0 Å². The summed E-state index contributed by atoms with van der Waals surface area (Å²) in [4.78, 5) is 9.69. The lowest BCUT2D eigenvalue weighted by molar-refractivity contribution is 0.318. The SMILES string of the molecule is CCCCc1nc2c(N)nc3cc(-c4ccccc4OCCC)ccc3c2n1CC(C)C. The molecule has 168 valence electrons. The zero-order chi connectivity index (χ0) is 22.7. The molecule has 0 saturated heterocycles. The van der Waals surface area contributed by atoms with E-state index in [1.807, 2.05) is 18.2 Å². The Morgan fingerprint density at radius 3 is 2.59 bits per heavy atom. The first-order chi connectivity index (χ1) is 15.5. The summed E-state index contributed by atoms with van der Waals surface area (Å²) in [6.07, 6.45) is 4.19. The van der Waals surface area contributed by atoms with E-state index in [4.69, 9.17) is 20.4 Å². The van der Waals surface area contributed by atoms with Crippen molar-refractivity contribution >= 4 is 27.8 Å². The highest BCUT2D eigenvalue weighted by molar-refractivity contribution is 6.07. The molecular formula is C27H34N4O. The number of imidazole rings is 1. The number of nitrogen functional groups attached to an aromatic ring is 1. The van der Waals surface area contributed by atoms with Gasteiger partial charge in [-0.15, -0.1) is 0 Å². The molecule has 0 atom stereocenters. The maximum absolute atomic E-state index is 6.44. The number of ether oxygens (including phenoxy) is 1. The van der Waals surface area contributed by atoms with Crippen molar-refractivity contribution in [2.24, 2.45) is 5.92 Å². The lowest BCUT2D eigenvalue weighted by Crippen LogP contribution is -2.09. The van der Waals surface area contributed by atoms with Crippen molar-refractivity contribution < 1.29 is 4.74 Å². The van der Waals surface area contributed by atoms with Gasteiger partial charge < -0.3 is 15.0 Å². The van der Waals surface area contributed by atoms with Crippen LogP contribution < -0.4 is 10.5 Å². The van der Waals surface area contributed by atoms with Gasteiger partial charge in [-0.1, -0.05) is 64.4 Å². The van der Waals surface area contributed by atoms with Crippen LogP contribution in [0, 0.1) is 5.92 Å². The van der Waals surface area contributed by atoms with Crippen LogP contribution in [0.5, 0.6) is 5.75 Å². The quantitative estimate of drug-likeness (QED) is 0.324. The van der Waals surface area contributed by atoms with E-state index in [1.54, 1.807) is 0 Å². The van der Waals surface area contributed by atoms with Crippen molar-refractivity contribution in [2.45, 2.75) is 59.9 Å². The molecule has 4 aromatic rings. The molecule has 2 aromatic heterocycles. The second-order valence-electron chi connectivity index (χ2n) is 8.91. The van der Waals surface area contributed by atoms with E-state index in [0.29, 0.717) is 18.3 Å². The van der Waals surface area contributed by atoms with Crippen molar-refractivity contribution in [3.8, 4) is 16.9 Å². The Bertz CT molecular complexity index is 1230. The molecule has 4 rings (SSSR count). The Labute approximate surface area is 190 Å². The van der Waals surface area contributed by atoms with E-state index in [0.717, 1.165) is 76.9 Å². The smallest absolute Gasteiger partial charge is 0.152 e. The number of fused-ring (bicyclic) bond motifs is 3. The third kappa shape index (κ3) is 4.29. The topological polar surface area (TPSA) is 66.0 Å². The molecule has 0 amide bonds. The highest BCUT2D eigenvalue weighted by Gasteiger charge is 2.18. The average Bonchev–Trinajstić information content (AvgIpc) is 3.14. The number of para-hydroxylation sites is 1. The maximum Gasteiger partial charge on any atom is 0.152 e. The second-order valence-corrected chi connectivity index (χ2v) is 8.91. The lowest BCUT2D eigenvalue weighted by Gasteiger charge is -2.14. The number of aromatic nitrogens is 3. The second kappa shape index (κ2) is 9.60. The highest BCUT2D eigenvalue weighted by atomic mass is 16.5. The van der Waals surface area contributed by atoms with Gasteiger partial charge in [0.05, 0.1) is 17.6 Å². The number of aryl methyl sites for hydroxylation is 1. The number of rotatable bonds is 9. The number of hydrogen-bond acceptors (Lipinski definition) is 4. The Balaban J connectivity index is 1.89. The lowest BCUT2D eigenvalue weighted by atomic mass is 10.0. The first-order valence-corrected chi connectivity index (χ1v) is 11.8. The molecule has 2 heterocycles. The van der Waals surface area contributed by atoms with Crippen LogP contribution >= 0.6 is 0 Å². The fourth-order valence-electron chi connectivity index (χ4n) is 4.26. The van der Waals surface area contributed by atoms with E-state index < -0.39 is 0 Å². The summed E-state index contributed by atoms with van der Waals surface area (Å²) in [5, 5.41) is 1.10. The first-order valence-electron chi connectivity index (χ1n) is 11.8. The summed E-state index contributed by atoms with van der Waals surface area (Å²) in [6.45, 7) is 10.4. The summed E-state index contributed by atoms with van der Waals surface area (Å²) in [6, 6.07) is 14.6. The van der Waals surface area contributed by atoms with Crippen molar-refractivity contribution in [2.75, 3.05) is 12.3 Å². The molecule has 5 heteroatoms. The van der Waals surface area contributed by atoms with E-state index >= 15 is 0 Å². The van der Waals surface area contributed by atoms with Gasteiger partial charge in [0.25, 0.3) is 0 Å². The van der Waals surface area contributed by atoms with Gasteiger partial charge in [-0.25, -0.2) is 9.97 Å².